The number of nitrogens with zero attached hydrogens (tertiary/aromatic N) is 1. The summed E-state index contributed by atoms with van der Waals surface area (Å²) in [6.07, 6.45) is 0.297. The SMILES string of the molecule is O=C1c2oc3ccccc3c(=O)c2[C@H](c2cccc(O)c2)N1[C@@H]1CCS(=O)(=O)C1. The number of hydrogen-bond donors (Lipinski definition) is 1. The third-order valence-corrected chi connectivity index (χ3v) is 7.35. The summed E-state index contributed by atoms with van der Waals surface area (Å²) in [5.41, 5.74) is 0.694. The van der Waals surface area contributed by atoms with Gasteiger partial charge in [-0.3, -0.25) is 9.59 Å². The van der Waals surface area contributed by atoms with E-state index in [1.807, 2.05) is 0 Å². The molecule has 148 valence electrons. The van der Waals surface area contributed by atoms with Crippen LogP contribution in [-0.2, 0) is 9.84 Å². The highest BCUT2D eigenvalue weighted by Gasteiger charge is 2.48. The number of phenolic OH excluding ortho intramolecular Hbond substituents is 1. The molecule has 1 amide bonds. The lowest BCUT2D eigenvalue weighted by molar-refractivity contribution is 0.0662. The first-order valence-electron chi connectivity index (χ1n) is 9.23. The number of fused-ring (bicyclic) bond motifs is 2. The number of para-hydroxylation sites is 1. The van der Waals surface area contributed by atoms with E-state index in [1.165, 1.54) is 17.0 Å². The average Bonchev–Trinajstić information content (AvgIpc) is 3.19. The molecule has 0 unspecified atom stereocenters. The van der Waals surface area contributed by atoms with Gasteiger partial charge < -0.3 is 14.4 Å². The number of aromatic hydroxyl groups is 1. The Hall–Kier alpha value is -3.13. The molecule has 2 atom stereocenters. The van der Waals surface area contributed by atoms with Gasteiger partial charge in [0.15, 0.2) is 15.3 Å². The number of rotatable bonds is 2. The van der Waals surface area contributed by atoms with Gasteiger partial charge in [0.2, 0.25) is 5.76 Å². The minimum atomic E-state index is -3.26. The van der Waals surface area contributed by atoms with Crippen molar-refractivity contribution in [2.45, 2.75) is 18.5 Å². The zero-order valence-electron chi connectivity index (χ0n) is 15.2. The number of carbonyl (C=O) groups is 1. The topological polar surface area (TPSA) is 105 Å². The van der Waals surface area contributed by atoms with E-state index in [-0.39, 0.29) is 34.0 Å². The highest BCUT2D eigenvalue weighted by molar-refractivity contribution is 7.91. The molecule has 29 heavy (non-hydrogen) atoms. The zero-order valence-corrected chi connectivity index (χ0v) is 16.1. The quantitative estimate of drug-likeness (QED) is 0.693. The summed E-state index contributed by atoms with van der Waals surface area (Å²) in [6.45, 7) is 0. The Morgan fingerprint density at radius 3 is 2.59 bits per heavy atom. The van der Waals surface area contributed by atoms with Crippen molar-refractivity contribution >= 4 is 26.7 Å². The first-order valence-corrected chi connectivity index (χ1v) is 11.1. The molecular weight excluding hydrogens is 394 g/mol. The van der Waals surface area contributed by atoms with E-state index in [0.29, 0.717) is 23.0 Å². The number of hydrogen-bond acceptors (Lipinski definition) is 6. The van der Waals surface area contributed by atoms with Crippen molar-refractivity contribution in [3.8, 4) is 5.75 Å². The maximum absolute atomic E-state index is 13.3. The lowest BCUT2D eigenvalue weighted by Gasteiger charge is -2.30. The van der Waals surface area contributed by atoms with Crippen molar-refractivity contribution in [3.63, 3.8) is 0 Å². The summed E-state index contributed by atoms with van der Waals surface area (Å²) < 4.78 is 30.0. The van der Waals surface area contributed by atoms with Gasteiger partial charge in [-0.15, -0.1) is 0 Å². The minimum Gasteiger partial charge on any atom is -0.508 e. The summed E-state index contributed by atoms with van der Waals surface area (Å²) in [5, 5.41) is 10.3. The lowest BCUT2D eigenvalue weighted by Crippen LogP contribution is -2.40. The van der Waals surface area contributed by atoms with Gasteiger partial charge in [-0.1, -0.05) is 24.3 Å². The first-order chi connectivity index (χ1) is 13.9. The van der Waals surface area contributed by atoms with E-state index >= 15 is 0 Å². The smallest absolute Gasteiger partial charge is 0.291 e. The molecule has 1 aromatic heterocycles. The third-order valence-electron chi connectivity index (χ3n) is 5.60. The molecule has 0 aliphatic carbocycles. The predicted octanol–water partition coefficient (Wildman–Crippen LogP) is 2.23. The molecule has 1 saturated heterocycles. The fraction of sp³-hybridized carbons (Fsp3) is 0.238. The zero-order chi connectivity index (χ0) is 20.3. The van der Waals surface area contributed by atoms with Crippen LogP contribution in [0.2, 0.25) is 0 Å². The van der Waals surface area contributed by atoms with Crippen LogP contribution in [0, 0.1) is 0 Å². The van der Waals surface area contributed by atoms with Gasteiger partial charge in [0.25, 0.3) is 5.91 Å². The largest absolute Gasteiger partial charge is 0.508 e. The standard InChI is InChI=1S/C21H17NO6S/c23-14-5-3-4-12(10-14)18-17-19(24)15-6-1-2-7-16(15)28-20(17)21(25)22(18)13-8-9-29(26,27)11-13/h1-7,10,13,18,23H,8-9,11H2/t13-,18+/m1/s1. The molecule has 1 N–H and O–H groups in total. The van der Waals surface area contributed by atoms with Crippen molar-refractivity contribution in [1.82, 2.24) is 4.90 Å². The monoisotopic (exact) mass is 411 g/mol. The molecule has 3 aromatic rings. The van der Waals surface area contributed by atoms with Gasteiger partial charge in [-0.25, -0.2) is 8.42 Å². The van der Waals surface area contributed by atoms with Gasteiger partial charge in [-0.05, 0) is 36.2 Å². The highest BCUT2D eigenvalue weighted by atomic mass is 32.2. The molecule has 0 spiro atoms. The van der Waals surface area contributed by atoms with Gasteiger partial charge in [-0.2, -0.15) is 0 Å². The predicted molar refractivity (Wildman–Crippen MR) is 106 cm³/mol. The van der Waals surface area contributed by atoms with E-state index < -0.39 is 27.8 Å². The Morgan fingerprint density at radius 1 is 1.07 bits per heavy atom. The minimum absolute atomic E-state index is 0.00605. The molecule has 5 rings (SSSR count). The molecule has 0 bridgehead atoms. The number of carbonyl (C=O) groups excluding carboxylic acids is 1. The van der Waals surface area contributed by atoms with Crippen LogP contribution >= 0.6 is 0 Å². The second-order valence-electron chi connectivity index (χ2n) is 7.44. The van der Waals surface area contributed by atoms with Gasteiger partial charge in [0.1, 0.15) is 11.3 Å². The molecule has 8 heteroatoms. The normalized spacial score (nSPS) is 22.9. The van der Waals surface area contributed by atoms with Crippen molar-refractivity contribution in [1.29, 1.82) is 0 Å². The Morgan fingerprint density at radius 2 is 1.86 bits per heavy atom. The van der Waals surface area contributed by atoms with Crippen LogP contribution in [0.4, 0.5) is 0 Å². The molecule has 2 aliphatic heterocycles. The van der Waals surface area contributed by atoms with E-state index in [9.17, 15) is 23.1 Å². The summed E-state index contributed by atoms with van der Waals surface area (Å²) in [4.78, 5) is 28.0. The first kappa shape index (κ1) is 17.9. The van der Waals surface area contributed by atoms with Crippen LogP contribution in [0.3, 0.4) is 0 Å². The Bertz CT molecular complexity index is 1330. The van der Waals surface area contributed by atoms with Crippen LogP contribution in [0.15, 0.2) is 57.7 Å². The van der Waals surface area contributed by atoms with Gasteiger partial charge >= 0.3 is 0 Å². The van der Waals surface area contributed by atoms with Crippen molar-refractivity contribution in [2.75, 3.05) is 11.5 Å². The molecule has 0 saturated carbocycles. The molecule has 2 aliphatic rings. The number of phenols is 1. The average molecular weight is 411 g/mol. The van der Waals surface area contributed by atoms with Crippen LogP contribution in [0.1, 0.15) is 34.1 Å². The van der Waals surface area contributed by atoms with Crippen LogP contribution < -0.4 is 5.43 Å². The van der Waals surface area contributed by atoms with Gasteiger partial charge in [0, 0.05) is 6.04 Å². The maximum Gasteiger partial charge on any atom is 0.291 e. The van der Waals surface area contributed by atoms with Gasteiger partial charge in [0.05, 0.1) is 28.5 Å². The number of amides is 1. The Labute approximate surface area is 166 Å². The summed E-state index contributed by atoms with van der Waals surface area (Å²) in [6, 6.07) is 11.6. The highest BCUT2D eigenvalue weighted by Crippen LogP contribution is 2.41. The molecule has 3 heterocycles. The van der Waals surface area contributed by atoms with E-state index in [1.54, 1.807) is 36.4 Å². The Balaban J connectivity index is 1.77. The van der Waals surface area contributed by atoms with Crippen molar-refractivity contribution in [2.24, 2.45) is 0 Å². The molecule has 7 nitrogen and oxygen atoms in total. The second kappa shape index (κ2) is 6.18. The summed E-state index contributed by atoms with van der Waals surface area (Å²) in [7, 11) is -3.26. The van der Waals surface area contributed by atoms with Crippen molar-refractivity contribution < 1.29 is 22.7 Å². The van der Waals surface area contributed by atoms with Crippen LogP contribution in [0.5, 0.6) is 5.75 Å². The van der Waals surface area contributed by atoms with E-state index in [0.717, 1.165) is 0 Å². The summed E-state index contributed by atoms with van der Waals surface area (Å²) in [5.74, 6) is -0.735. The fourth-order valence-corrected chi connectivity index (χ4v) is 6.04. The lowest BCUT2D eigenvalue weighted by atomic mass is 9.97. The van der Waals surface area contributed by atoms with Crippen molar-refractivity contribution in [3.05, 3.63) is 75.6 Å². The number of sulfone groups is 1. The molecule has 2 aromatic carbocycles. The Kier molecular flexibility index (Phi) is 3.82. The van der Waals surface area contributed by atoms with Crippen LogP contribution in [-0.4, -0.2) is 41.9 Å². The van der Waals surface area contributed by atoms with Crippen LogP contribution in [0.25, 0.3) is 11.0 Å². The third kappa shape index (κ3) is 2.74. The fourth-order valence-electron chi connectivity index (χ4n) is 4.33. The maximum atomic E-state index is 13.3. The molecule has 0 radical (unpaired) electrons. The second-order valence-corrected chi connectivity index (χ2v) is 9.67. The molecular formula is C21H17NO6S. The molecule has 1 fully saturated rings. The summed E-state index contributed by atoms with van der Waals surface area (Å²) >= 11 is 0. The van der Waals surface area contributed by atoms with E-state index in [4.69, 9.17) is 4.42 Å². The number of benzene rings is 2. The van der Waals surface area contributed by atoms with E-state index in [2.05, 4.69) is 0 Å².